The summed E-state index contributed by atoms with van der Waals surface area (Å²) in [5.74, 6) is 1.59. The molecule has 0 fully saturated rings. The van der Waals surface area contributed by atoms with Crippen molar-refractivity contribution < 1.29 is 9.63 Å². The second-order valence-electron chi connectivity index (χ2n) is 4.47. The molecule has 0 saturated carbocycles. The van der Waals surface area contributed by atoms with Crippen LogP contribution in [0.1, 0.15) is 29.6 Å². The van der Waals surface area contributed by atoms with Gasteiger partial charge >= 0.3 is 0 Å². The Bertz CT molecular complexity index is 627. The lowest BCUT2D eigenvalue weighted by Crippen LogP contribution is -2.39. The number of aliphatic hydroxyl groups excluding tert-OH is 1. The predicted molar refractivity (Wildman–Crippen MR) is 86.1 cm³/mol. The Morgan fingerprint density at radius 3 is 2.91 bits per heavy atom. The lowest BCUT2D eigenvalue weighted by Gasteiger charge is -2.14. The van der Waals surface area contributed by atoms with Crippen LogP contribution in [0.25, 0.3) is 0 Å². The van der Waals surface area contributed by atoms with Crippen molar-refractivity contribution in [2.24, 2.45) is 4.99 Å². The van der Waals surface area contributed by atoms with Gasteiger partial charge in [-0.2, -0.15) is 4.98 Å². The molecule has 0 aromatic carbocycles. The van der Waals surface area contributed by atoms with Gasteiger partial charge in [0.25, 0.3) is 0 Å². The maximum atomic E-state index is 10.1. The number of thiophene rings is 1. The maximum Gasteiger partial charge on any atom is 0.248 e. The molecule has 120 valence electrons. The monoisotopic (exact) mass is 343 g/mol. The molecule has 2 heterocycles. The van der Waals surface area contributed by atoms with Gasteiger partial charge in [0, 0.05) is 18.0 Å². The molecule has 2 aromatic rings. The molecule has 2 aromatic heterocycles. The summed E-state index contributed by atoms with van der Waals surface area (Å²) in [7, 11) is 0. The van der Waals surface area contributed by atoms with Crippen LogP contribution < -0.4 is 10.6 Å². The average molecular weight is 344 g/mol. The first-order valence-corrected chi connectivity index (χ1v) is 8.02. The molecular formula is C13H18ClN5O2S. The zero-order chi connectivity index (χ0) is 15.9. The highest BCUT2D eigenvalue weighted by molar-refractivity contribution is 7.16. The molecule has 0 aliphatic rings. The number of hydrogen-bond donors (Lipinski definition) is 3. The molecule has 9 heteroatoms. The lowest BCUT2D eigenvalue weighted by molar-refractivity contribution is 0.184. The van der Waals surface area contributed by atoms with Crippen LogP contribution in [-0.4, -0.2) is 34.3 Å². The molecule has 0 spiro atoms. The maximum absolute atomic E-state index is 10.1. The van der Waals surface area contributed by atoms with Crippen LogP contribution in [0.2, 0.25) is 4.34 Å². The minimum atomic E-state index is -0.646. The lowest BCUT2D eigenvalue weighted by atomic mass is 10.3. The fraction of sp³-hybridized carbons (Fsp3) is 0.462. The summed E-state index contributed by atoms with van der Waals surface area (Å²) in [6, 6.07) is 3.58. The number of halogens is 1. The SMILES string of the molecule is CCNC(=NCc1nc(C)no1)NCC(O)c1ccc(Cl)s1. The Morgan fingerprint density at radius 2 is 2.32 bits per heavy atom. The summed E-state index contributed by atoms with van der Waals surface area (Å²) in [6.45, 7) is 5.02. The Kier molecular flexibility index (Phi) is 6.17. The number of guanidine groups is 1. The molecule has 0 aliphatic heterocycles. The molecule has 7 nitrogen and oxygen atoms in total. The molecule has 1 unspecified atom stereocenters. The Hall–Kier alpha value is -1.64. The smallest absolute Gasteiger partial charge is 0.248 e. The van der Waals surface area contributed by atoms with E-state index in [0.29, 0.717) is 35.1 Å². The topological polar surface area (TPSA) is 95.6 Å². The fourth-order valence-electron chi connectivity index (χ4n) is 1.69. The van der Waals surface area contributed by atoms with Gasteiger partial charge in [-0.05, 0) is 26.0 Å². The van der Waals surface area contributed by atoms with Gasteiger partial charge in [-0.3, -0.25) is 0 Å². The minimum Gasteiger partial charge on any atom is -0.386 e. The number of nitrogens with zero attached hydrogens (tertiary/aromatic N) is 3. The number of aromatic nitrogens is 2. The number of aliphatic imine (C=N–C) groups is 1. The van der Waals surface area contributed by atoms with Crippen molar-refractivity contribution in [3.63, 3.8) is 0 Å². The van der Waals surface area contributed by atoms with Crippen molar-refractivity contribution in [3.05, 3.63) is 33.1 Å². The summed E-state index contributed by atoms with van der Waals surface area (Å²) in [5, 5.41) is 20.0. The molecule has 0 aliphatic carbocycles. The third-order valence-electron chi connectivity index (χ3n) is 2.67. The number of nitrogens with one attached hydrogen (secondary N) is 2. The third kappa shape index (κ3) is 4.97. The van der Waals surface area contributed by atoms with Crippen molar-refractivity contribution in [2.45, 2.75) is 26.5 Å². The molecule has 1 atom stereocenters. The van der Waals surface area contributed by atoms with Gasteiger partial charge in [-0.15, -0.1) is 11.3 Å². The zero-order valence-electron chi connectivity index (χ0n) is 12.3. The van der Waals surface area contributed by atoms with E-state index in [1.807, 2.05) is 13.0 Å². The first-order chi connectivity index (χ1) is 10.6. The summed E-state index contributed by atoms with van der Waals surface area (Å²) in [4.78, 5) is 9.22. The van der Waals surface area contributed by atoms with Gasteiger partial charge in [0.1, 0.15) is 12.6 Å². The van der Waals surface area contributed by atoms with Crippen LogP contribution in [0.5, 0.6) is 0 Å². The van der Waals surface area contributed by atoms with Crippen molar-refractivity contribution in [3.8, 4) is 0 Å². The number of rotatable bonds is 6. The van der Waals surface area contributed by atoms with Crippen LogP contribution in [0.3, 0.4) is 0 Å². The van der Waals surface area contributed by atoms with E-state index in [1.54, 1.807) is 13.0 Å². The first kappa shape index (κ1) is 16.7. The van der Waals surface area contributed by atoms with E-state index in [4.69, 9.17) is 16.1 Å². The van der Waals surface area contributed by atoms with Gasteiger partial charge in [0.2, 0.25) is 5.89 Å². The highest BCUT2D eigenvalue weighted by Crippen LogP contribution is 2.26. The second-order valence-corrected chi connectivity index (χ2v) is 6.22. The van der Waals surface area contributed by atoms with Gasteiger partial charge in [-0.25, -0.2) is 4.99 Å². The summed E-state index contributed by atoms with van der Waals surface area (Å²) < 4.78 is 5.66. The molecule has 22 heavy (non-hydrogen) atoms. The summed E-state index contributed by atoms with van der Waals surface area (Å²) in [5.41, 5.74) is 0. The molecule has 0 radical (unpaired) electrons. The van der Waals surface area contributed by atoms with E-state index < -0.39 is 6.10 Å². The second kappa shape index (κ2) is 8.11. The van der Waals surface area contributed by atoms with Gasteiger partial charge in [-0.1, -0.05) is 16.8 Å². The van der Waals surface area contributed by atoms with Crippen LogP contribution in [0.15, 0.2) is 21.6 Å². The molecule has 0 saturated heterocycles. The van der Waals surface area contributed by atoms with Crippen molar-refractivity contribution in [2.75, 3.05) is 13.1 Å². The number of hydrogen-bond acceptors (Lipinski definition) is 6. The Morgan fingerprint density at radius 1 is 1.50 bits per heavy atom. The predicted octanol–water partition coefficient (Wildman–Crippen LogP) is 1.88. The van der Waals surface area contributed by atoms with Crippen molar-refractivity contribution in [1.29, 1.82) is 0 Å². The van der Waals surface area contributed by atoms with E-state index in [0.717, 1.165) is 4.88 Å². The van der Waals surface area contributed by atoms with Crippen LogP contribution in [0.4, 0.5) is 0 Å². The molecule has 0 amide bonds. The van der Waals surface area contributed by atoms with Crippen molar-refractivity contribution >= 4 is 28.9 Å². The quantitative estimate of drug-likeness (QED) is 0.547. The Labute approximate surface area is 137 Å². The fourth-order valence-corrected chi connectivity index (χ4v) is 2.74. The van der Waals surface area contributed by atoms with Crippen LogP contribution in [-0.2, 0) is 6.54 Å². The molecular weight excluding hydrogens is 326 g/mol. The molecule has 0 bridgehead atoms. The largest absolute Gasteiger partial charge is 0.386 e. The van der Waals surface area contributed by atoms with E-state index in [9.17, 15) is 5.11 Å². The Balaban J connectivity index is 1.90. The minimum absolute atomic E-state index is 0.275. The van der Waals surface area contributed by atoms with Gasteiger partial charge in [0.15, 0.2) is 11.8 Å². The van der Waals surface area contributed by atoms with Crippen molar-refractivity contribution in [1.82, 2.24) is 20.8 Å². The highest BCUT2D eigenvalue weighted by atomic mass is 35.5. The van der Waals surface area contributed by atoms with E-state index in [1.165, 1.54) is 11.3 Å². The molecule has 3 N–H and O–H groups in total. The van der Waals surface area contributed by atoms with Gasteiger partial charge < -0.3 is 20.3 Å². The third-order valence-corrected chi connectivity index (χ3v) is 4.00. The van der Waals surface area contributed by atoms with Crippen LogP contribution >= 0.6 is 22.9 Å². The van der Waals surface area contributed by atoms with E-state index >= 15 is 0 Å². The van der Waals surface area contributed by atoms with E-state index in [2.05, 4.69) is 25.8 Å². The number of aryl methyl sites for hydroxylation is 1. The number of aliphatic hydroxyl groups is 1. The summed E-state index contributed by atoms with van der Waals surface area (Å²) in [6.07, 6.45) is -0.646. The normalized spacial score (nSPS) is 13.2. The van der Waals surface area contributed by atoms with E-state index in [-0.39, 0.29) is 6.54 Å². The molecule has 2 rings (SSSR count). The average Bonchev–Trinajstić information content (AvgIpc) is 3.10. The highest BCUT2D eigenvalue weighted by Gasteiger charge is 2.11. The first-order valence-electron chi connectivity index (χ1n) is 6.83. The zero-order valence-corrected chi connectivity index (χ0v) is 13.9. The standard InChI is InChI=1S/C13H18ClN5O2S/c1-3-15-13(17-7-12-18-8(2)19-21-12)16-6-9(20)10-4-5-11(14)22-10/h4-5,9,20H,3,6-7H2,1-2H3,(H2,15,16,17). The van der Waals surface area contributed by atoms with Gasteiger partial charge in [0.05, 0.1) is 4.34 Å². The summed E-state index contributed by atoms with van der Waals surface area (Å²) >= 11 is 7.22. The van der Waals surface area contributed by atoms with Crippen LogP contribution in [0, 0.1) is 6.92 Å².